The maximum atomic E-state index is 9.22. The summed E-state index contributed by atoms with van der Waals surface area (Å²) >= 11 is 0. The van der Waals surface area contributed by atoms with Crippen molar-refractivity contribution in [1.29, 1.82) is 0 Å². The lowest BCUT2D eigenvalue weighted by molar-refractivity contribution is 0.511. The molecule has 1 atom stereocenters. The van der Waals surface area contributed by atoms with Crippen molar-refractivity contribution in [3.63, 3.8) is 0 Å². The van der Waals surface area contributed by atoms with Crippen LogP contribution in [0.5, 0.6) is 0 Å². The van der Waals surface area contributed by atoms with Crippen LogP contribution in [-0.4, -0.2) is 5.11 Å². The van der Waals surface area contributed by atoms with Gasteiger partial charge in [0.05, 0.1) is 0 Å². The van der Waals surface area contributed by atoms with Crippen molar-refractivity contribution in [2.75, 3.05) is 0 Å². The van der Waals surface area contributed by atoms with E-state index in [0.29, 0.717) is 5.92 Å². The van der Waals surface area contributed by atoms with Crippen LogP contribution in [0, 0.1) is 5.92 Å². The molecule has 1 unspecified atom stereocenters. The van der Waals surface area contributed by atoms with Crippen molar-refractivity contribution in [3.8, 4) is 0 Å². The Bertz CT molecular complexity index is 348. The number of aliphatic hydroxyl groups is 1. The van der Waals surface area contributed by atoms with Gasteiger partial charge in [-0.15, -0.1) is 6.58 Å². The predicted molar refractivity (Wildman–Crippen MR) is 70.4 cm³/mol. The number of benzene rings is 1. The minimum atomic E-state index is 0.129. The Morgan fingerprint density at radius 3 is 2.44 bits per heavy atom. The van der Waals surface area contributed by atoms with Gasteiger partial charge in [0.2, 0.25) is 0 Å². The summed E-state index contributed by atoms with van der Waals surface area (Å²) in [5, 5.41) is 9.22. The van der Waals surface area contributed by atoms with Crippen LogP contribution in [0.4, 0.5) is 0 Å². The molecule has 16 heavy (non-hydrogen) atoms. The molecule has 0 bridgehead atoms. The number of hydrogen-bond acceptors (Lipinski definition) is 1. The first kappa shape index (κ1) is 12.6. The summed E-state index contributed by atoms with van der Waals surface area (Å²) in [6, 6.07) is 7.95. The van der Waals surface area contributed by atoms with Gasteiger partial charge in [-0.2, -0.15) is 0 Å². The molecule has 1 aromatic rings. The summed E-state index contributed by atoms with van der Waals surface area (Å²) in [6.45, 7) is 9.49. The van der Waals surface area contributed by atoms with Gasteiger partial charge in [-0.1, -0.05) is 50.3 Å². The van der Waals surface area contributed by atoms with Crippen molar-refractivity contribution >= 4 is 5.76 Å². The molecule has 1 N–H and O–H groups in total. The van der Waals surface area contributed by atoms with Gasteiger partial charge in [-0.05, 0) is 24.3 Å². The molecule has 1 rings (SSSR count). The lowest BCUT2D eigenvalue weighted by atomic mass is 9.93. The molecule has 0 spiro atoms. The summed E-state index contributed by atoms with van der Waals surface area (Å²) in [6.07, 6.45) is 5.28. The van der Waals surface area contributed by atoms with Gasteiger partial charge in [0.1, 0.15) is 5.76 Å². The normalized spacial score (nSPS) is 12.1. The van der Waals surface area contributed by atoms with E-state index in [-0.39, 0.29) is 5.76 Å². The smallest absolute Gasteiger partial charge is 0.115 e. The Kier molecular flexibility index (Phi) is 4.84. The first-order valence-electron chi connectivity index (χ1n) is 5.75. The molecule has 0 saturated heterocycles. The third-order valence-corrected chi connectivity index (χ3v) is 2.89. The van der Waals surface area contributed by atoms with Crippen molar-refractivity contribution in [2.45, 2.75) is 26.2 Å². The van der Waals surface area contributed by atoms with E-state index in [4.69, 9.17) is 0 Å². The Hall–Kier alpha value is -1.50. The first-order valence-corrected chi connectivity index (χ1v) is 5.75. The molecular weight excluding hydrogens is 196 g/mol. The molecule has 1 aromatic carbocycles. The second kappa shape index (κ2) is 6.16. The van der Waals surface area contributed by atoms with Gasteiger partial charge >= 0.3 is 0 Å². The monoisotopic (exact) mass is 216 g/mol. The van der Waals surface area contributed by atoms with Crippen molar-refractivity contribution in [3.05, 3.63) is 54.6 Å². The molecule has 0 aliphatic heterocycles. The number of allylic oxidation sites excluding steroid dienone is 1. The average Bonchev–Trinajstić information content (AvgIpc) is 2.29. The van der Waals surface area contributed by atoms with Gasteiger partial charge in [0.15, 0.2) is 0 Å². The van der Waals surface area contributed by atoms with E-state index in [1.54, 1.807) is 0 Å². The molecule has 0 aliphatic carbocycles. The second-order valence-corrected chi connectivity index (χ2v) is 4.15. The molecule has 0 amide bonds. The molecule has 0 fully saturated rings. The molecule has 1 heteroatoms. The van der Waals surface area contributed by atoms with Crippen LogP contribution in [0.2, 0.25) is 0 Å². The molecular formula is C15H20O. The van der Waals surface area contributed by atoms with Gasteiger partial charge in [0.25, 0.3) is 0 Å². The summed E-state index contributed by atoms with van der Waals surface area (Å²) in [5.41, 5.74) is 2.10. The van der Waals surface area contributed by atoms with Crippen LogP contribution >= 0.6 is 0 Å². The molecule has 1 nitrogen and oxygen atoms in total. The summed E-state index contributed by atoms with van der Waals surface area (Å²) in [5.74, 6) is 0.797. The van der Waals surface area contributed by atoms with Crippen LogP contribution in [0.1, 0.15) is 30.9 Å². The molecule has 0 radical (unpaired) electrons. The molecule has 0 aromatic heterocycles. The summed E-state index contributed by atoms with van der Waals surface area (Å²) in [7, 11) is 0. The van der Waals surface area contributed by atoms with E-state index >= 15 is 0 Å². The lowest BCUT2D eigenvalue weighted by Gasteiger charge is -2.12. The fourth-order valence-electron chi connectivity index (χ4n) is 1.80. The van der Waals surface area contributed by atoms with Gasteiger partial charge in [0, 0.05) is 5.56 Å². The van der Waals surface area contributed by atoms with Crippen LogP contribution in [0.25, 0.3) is 5.76 Å². The van der Waals surface area contributed by atoms with E-state index in [1.807, 2.05) is 18.2 Å². The molecule has 86 valence electrons. The molecule has 0 aliphatic rings. The third kappa shape index (κ3) is 3.58. The highest BCUT2D eigenvalue weighted by molar-refractivity contribution is 5.55. The van der Waals surface area contributed by atoms with Crippen LogP contribution in [-0.2, 0) is 6.42 Å². The highest BCUT2D eigenvalue weighted by Crippen LogP contribution is 2.18. The Labute approximate surface area is 98.1 Å². The Morgan fingerprint density at radius 2 is 2.00 bits per heavy atom. The standard InChI is InChI=1S/C15H20O/c1-4-6-13(5-2)11-14-7-9-15(10-8-14)12(3)16/h4,7-10,13,16H,1,3,5-6,11H2,2H3. The van der Waals surface area contributed by atoms with E-state index < -0.39 is 0 Å². The van der Waals surface area contributed by atoms with E-state index in [2.05, 4.69) is 32.2 Å². The second-order valence-electron chi connectivity index (χ2n) is 4.15. The van der Waals surface area contributed by atoms with Crippen LogP contribution in [0.3, 0.4) is 0 Å². The van der Waals surface area contributed by atoms with Gasteiger partial charge in [-0.25, -0.2) is 0 Å². The quantitative estimate of drug-likeness (QED) is 0.553. The maximum Gasteiger partial charge on any atom is 0.115 e. The van der Waals surface area contributed by atoms with E-state index in [1.165, 1.54) is 12.0 Å². The lowest BCUT2D eigenvalue weighted by Crippen LogP contribution is -2.02. The fourth-order valence-corrected chi connectivity index (χ4v) is 1.80. The predicted octanol–water partition coefficient (Wildman–Crippen LogP) is 4.36. The fraction of sp³-hybridized carbons (Fsp3) is 0.333. The number of rotatable bonds is 6. The van der Waals surface area contributed by atoms with Crippen molar-refractivity contribution in [1.82, 2.24) is 0 Å². The van der Waals surface area contributed by atoms with Crippen molar-refractivity contribution < 1.29 is 5.11 Å². The minimum absolute atomic E-state index is 0.129. The third-order valence-electron chi connectivity index (χ3n) is 2.89. The summed E-state index contributed by atoms with van der Waals surface area (Å²) in [4.78, 5) is 0. The largest absolute Gasteiger partial charge is 0.508 e. The van der Waals surface area contributed by atoms with Crippen LogP contribution in [0.15, 0.2) is 43.5 Å². The topological polar surface area (TPSA) is 20.2 Å². The van der Waals surface area contributed by atoms with E-state index in [9.17, 15) is 5.11 Å². The van der Waals surface area contributed by atoms with Crippen LogP contribution < -0.4 is 0 Å². The molecule has 0 saturated carbocycles. The SMILES string of the molecule is C=CCC(CC)Cc1ccc(C(=C)O)cc1. The highest BCUT2D eigenvalue weighted by atomic mass is 16.3. The summed E-state index contributed by atoms with van der Waals surface area (Å²) < 4.78 is 0. The maximum absolute atomic E-state index is 9.22. The zero-order valence-electron chi connectivity index (χ0n) is 9.95. The minimum Gasteiger partial charge on any atom is -0.508 e. The number of hydrogen-bond donors (Lipinski definition) is 1. The van der Waals surface area contributed by atoms with E-state index in [0.717, 1.165) is 18.4 Å². The first-order chi connectivity index (χ1) is 7.67. The number of aliphatic hydroxyl groups excluding tert-OH is 1. The highest BCUT2D eigenvalue weighted by Gasteiger charge is 2.05. The van der Waals surface area contributed by atoms with Gasteiger partial charge < -0.3 is 5.11 Å². The zero-order valence-corrected chi connectivity index (χ0v) is 9.95. The zero-order chi connectivity index (χ0) is 12.0. The van der Waals surface area contributed by atoms with Gasteiger partial charge in [-0.3, -0.25) is 0 Å². The Balaban J connectivity index is 2.66. The Morgan fingerprint density at radius 1 is 1.38 bits per heavy atom. The van der Waals surface area contributed by atoms with Crippen molar-refractivity contribution in [2.24, 2.45) is 5.92 Å². The average molecular weight is 216 g/mol. The molecule has 0 heterocycles.